The van der Waals surface area contributed by atoms with Crippen LogP contribution in [0.1, 0.15) is 19.4 Å². The van der Waals surface area contributed by atoms with Gasteiger partial charge in [0.05, 0.1) is 13.2 Å². The minimum Gasteiger partial charge on any atom is -0.504 e. The van der Waals surface area contributed by atoms with Crippen molar-refractivity contribution in [3.63, 3.8) is 0 Å². The molecule has 1 rings (SSSR count). The van der Waals surface area contributed by atoms with Crippen LogP contribution in [0, 0.1) is 18.3 Å². The molecule has 1 unspecified atom stereocenters. The van der Waals surface area contributed by atoms with E-state index >= 15 is 0 Å². The van der Waals surface area contributed by atoms with E-state index in [2.05, 4.69) is 11.2 Å². The number of hydrogen-bond donors (Lipinski definition) is 2. The maximum absolute atomic E-state index is 9.96. The fourth-order valence-electron chi connectivity index (χ4n) is 1.63. The summed E-state index contributed by atoms with van der Waals surface area (Å²) in [6.45, 7) is 4.52. The quantitative estimate of drug-likeness (QED) is 0.806. The van der Waals surface area contributed by atoms with Gasteiger partial charge in [-0.1, -0.05) is 31.4 Å². The summed E-state index contributed by atoms with van der Waals surface area (Å²) < 4.78 is 5.04. The summed E-state index contributed by atoms with van der Waals surface area (Å²) in [4.78, 5) is 0. The average molecular weight is 268 g/mol. The number of hydrogen-bond acceptors (Lipinski definition) is 3. The van der Waals surface area contributed by atoms with Crippen LogP contribution in [0.3, 0.4) is 0 Å². The molecule has 98 valence electrons. The molecule has 1 atom stereocenters. The molecule has 2 N–H and O–H groups in total. The lowest BCUT2D eigenvalue weighted by Crippen LogP contribution is -2.31. The van der Waals surface area contributed by atoms with Crippen LogP contribution >= 0.6 is 11.6 Å². The molecule has 0 heterocycles. The highest BCUT2D eigenvalue weighted by Crippen LogP contribution is 2.33. The molecule has 0 amide bonds. The SMILES string of the molecule is C#CC(NCc1cc(Cl)cc(OC)c1O)C(C)C. The van der Waals surface area contributed by atoms with Crippen molar-refractivity contribution < 1.29 is 9.84 Å². The molecule has 1 aromatic carbocycles. The Kier molecular flexibility index (Phi) is 5.33. The summed E-state index contributed by atoms with van der Waals surface area (Å²) in [6.07, 6.45) is 5.44. The van der Waals surface area contributed by atoms with Crippen LogP contribution in [0.15, 0.2) is 12.1 Å². The lowest BCUT2D eigenvalue weighted by atomic mass is 10.0. The number of phenolic OH excluding ortho intramolecular Hbond substituents is 1. The molecule has 0 spiro atoms. The number of halogens is 1. The van der Waals surface area contributed by atoms with Gasteiger partial charge in [-0.05, 0) is 12.0 Å². The molecule has 1 aromatic rings. The van der Waals surface area contributed by atoms with Crippen LogP contribution in [-0.4, -0.2) is 18.3 Å². The summed E-state index contributed by atoms with van der Waals surface area (Å²) in [5, 5.41) is 13.7. The number of benzene rings is 1. The zero-order valence-corrected chi connectivity index (χ0v) is 11.6. The number of phenols is 1. The van der Waals surface area contributed by atoms with E-state index < -0.39 is 0 Å². The first-order valence-corrected chi connectivity index (χ1v) is 6.12. The highest BCUT2D eigenvalue weighted by Gasteiger charge is 2.13. The summed E-state index contributed by atoms with van der Waals surface area (Å²) in [6, 6.07) is 3.22. The number of aromatic hydroxyl groups is 1. The van der Waals surface area contributed by atoms with Gasteiger partial charge < -0.3 is 9.84 Å². The Balaban J connectivity index is 2.85. The first-order chi connectivity index (χ1) is 8.49. The van der Waals surface area contributed by atoms with Crippen molar-refractivity contribution in [1.29, 1.82) is 0 Å². The van der Waals surface area contributed by atoms with Crippen molar-refractivity contribution in [2.75, 3.05) is 7.11 Å². The minimum atomic E-state index is -0.0469. The number of nitrogens with one attached hydrogen (secondary N) is 1. The van der Waals surface area contributed by atoms with Gasteiger partial charge in [0.2, 0.25) is 0 Å². The van der Waals surface area contributed by atoms with Crippen LogP contribution in [0.4, 0.5) is 0 Å². The second-order valence-corrected chi connectivity index (χ2v) is 4.82. The van der Waals surface area contributed by atoms with Crippen LogP contribution in [-0.2, 0) is 6.54 Å². The Bertz CT molecular complexity index is 452. The Labute approximate surface area is 113 Å². The maximum atomic E-state index is 9.96. The monoisotopic (exact) mass is 267 g/mol. The molecule has 0 aromatic heterocycles. The fraction of sp³-hybridized carbons (Fsp3) is 0.429. The van der Waals surface area contributed by atoms with Gasteiger partial charge in [0, 0.05) is 23.2 Å². The fourth-order valence-corrected chi connectivity index (χ4v) is 1.86. The second kappa shape index (κ2) is 6.53. The lowest BCUT2D eigenvalue weighted by molar-refractivity contribution is 0.368. The van der Waals surface area contributed by atoms with E-state index in [1.165, 1.54) is 7.11 Å². The summed E-state index contributed by atoms with van der Waals surface area (Å²) in [7, 11) is 1.49. The van der Waals surface area contributed by atoms with Crippen molar-refractivity contribution in [3.8, 4) is 23.8 Å². The van der Waals surface area contributed by atoms with Gasteiger partial charge in [0.25, 0.3) is 0 Å². The highest BCUT2D eigenvalue weighted by atomic mass is 35.5. The molecule has 4 heteroatoms. The third-order valence-corrected chi connectivity index (χ3v) is 2.92. The normalized spacial score (nSPS) is 12.2. The van der Waals surface area contributed by atoms with Crippen LogP contribution in [0.5, 0.6) is 11.5 Å². The van der Waals surface area contributed by atoms with Gasteiger partial charge in [0.15, 0.2) is 11.5 Å². The largest absolute Gasteiger partial charge is 0.504 e. The molecule has 3 nitrogen and oxygen atoms in total. The third-order valence-electron chi connectivity index (χ3n) is 2.70. The second-order valence-electron chi connectivity index (χ2n) is 4.39. The van der Waals surface area contributed by atoms with E-state index in [-0.39, 0.29) is 11.8 Å². The summed E-state index contributed by atoms with van der Waals surface area (Å²) in [5.74, 6) is 3.45. The van der Waals surface area contributed by atoms with E-state index in [1.54, 1.807) is 12.1 Å². The number of terminal acetylenes is 1. The first-order valence-electron chi connectivity index (χ1n) is 5.74. The Morgan fingerprint density at radius 1 is 1.50 bits per heavy atom. The smallest absolute Gasteiger partial charge is 0.162 e. The Morgan fingerprint density at radius 2 is 2.17 bits per heavy atom. The third kappa shape index (κ3) is 3.56. The molecule has 0 aliphatic rings. The van der Waals surface area contributed by atoms with E-state index in [9.17, 15) is 5.11 Å². The molecule has 18 heavy (non-hydrogen) atoms. The van der Waals surface area contributed by atoms with Crippen molar-refractivity contribution in [2.24, 2.45) is 5.92 Å². The molecular formula is C14H18ClNO2. The zero-order chi connectivity index (χ0) is 13.7. The molecule has 0 aliphatic heterocycles. The van der Waals surface area contributed by atoms with Gasteiger partial charge in [0.1, 0.15) is 0 Å². The van der Waals surface area contributed by atoms with Gasteiger partial charge >= 0.3 is 0 Å². The van der Waals surface area contributed by atoms with Crippen molar-refractivity contribution in [1.82, 2.24) is 5.32 Å². The van der Waals surface area contributed by atoms with Crippen molar-refractivity contribution in [3.05, 3.63) is 22.7 Å². The van der Waals surface area contributed by atoms with E-state index in [1.807, 2.05) is 13.8 Å². The summed E-state index contributed by atoms with van der Waals surface area (Å²) in [5.41, 5.74) is 0.667. The highest BCUT2D eigenvalue weighted by molar-refractivity contribution is 6.30. The lowest BCUT2D eigenvalue weighted by Gasteiger charge is -2.17. The molecule has 0 aliphatic carbocycles. The van der Waals surface area contributed by atoms with Crippen molar-refractivity contribution in [2.45, 2.75) is 26.4 Å². The summed E-state index contributed by atoms with van der Waals surface area (Å²) >= 11 is 5.95. The average Bonchev–Trinajstić information content (AvgIpc) is 2.33. The Morgan fingerprint density at radius 3 is 2.67 bits per heavy atom. The van der Waals surface area contributed by atoms with Crippen molar-refractivity contribution >= 4 is 11.6 Å². The van der Waals surface area contributed by atoms with Crippen LogP contribution in [0.2, 0.25) is 5.02 Å². The predicted octanol–water partition coefficient (Wildman–Crippen LogP) is 2.80. The first kappa shape index (κ1) is 14.7. The molecule has 0 saturated heterocycles. The molecule has 0 fully saturated rings. The number of methoxy groups -OCH3 is 1. The minimum absolute atomic E-state index is 0.0469. The molecule has 0 bridgehead atoms. The standard InChI is InChI=1S/C14H18ClNO2/c1-5-12(9(2)3)16-8-10-6-11(15)7-13(18-4)14(10)17/h1,6-7,9,12,16-17H,8H2,2-4H3. The van der Waals surface area contributed by atoms with Gasteiger partial charge in [-0.2, -0.15) is 0 Å². The topological polar surface area (TPSA) is 41.5 Å². The molecule has 0 radical (unpaired) electrons. The van der Waals surface area contributed by atoms with E-state index in [4.69, 9.17) is 22.8 Å². The molecule has 0 saturated carbocycles. The Hall–Kier alpha value is -1.37. The van der Waals surface area contributed by atoms with Gasteiger partial charge in [-0.15, -0.1) is 6.42 Å². The molecular weight excluding hydrogens is 250 g/mol. The number of rotatable bonds is 5. The number of ether oxygens (including phenoxy) is 1. The zero-order valence-electron chi connectivity index (χ0n) is 10.8. The van der Waals surface area contributed by atoms with Gasteiger partial charge in [-0.25, -0.2) is 0 Å². The van der Waals surface area contributed by atoms with Crippen LogP contribution < -0.4 is 10.1 Å². The van der Waals surface area contributed by atoms with Crippen LogP contribution in [0.25, 0.3) is 0 Å². The predicted molar refractivity (Wildman–Crippen MR) is 74.0 cm³/mol. The van der Waals surface area contributed by atoms with E-state index in [0.717, 1.165) is 0 Å². The van der Waals surface area contributed by atoms with Gasteiger partial charge in [-0.3, -0.25) is 5.32 Å². The van der Waals surface area contributed by atoms with E-state index in [0.29, 0.717) is 28.8 Å². The maximum Gasteiger partial charge on any atom is 0.162 e.